The van der Waals surface area contributed by atoms with Gasteiger partial charge in [-0.25, -0.2) is 0 Å². The Morgan fingerprint density at radius 1 is 1.29 bits per heavy atom. The monoisotopic (exact) mass is 197 g/mol. The predicted molar refractivity (Wildman–Crippen MR) is 54.1 cm³/mol. The molecule has 0 aromatic rings. The molecule has 0 unspecified atom stereocenters. The highest BCUT2D eigenvalue weighted by Gasteiger charge is 2.48. The molecule has 2 fully saturated rings. The first kappa shape index (κ1) is 9.97. The van der Waals surface area contributed by atoms with Gasteiger partial charge < -0.3 is 10.4 Å². The summed E-state index contributed by atoms with van der Waals surface area (Å²) in [4.78, 5) is 10.8. The average Bonchev–Trinajstić information content (AvgIpc) is 2.99. The minimum atomic E-state index is -0.599. The second-order valence-corrected chi connectivity index (χ2v) is 4.79. The van der Waals surface area contributed by atoms with Crippen LogP contribution in [0.1, 0.15) is 38.5 Å². The van der Waals surface area contributed by atoms with Gasteiger partial charge in [-0.15, -0.1) is 0 Å². The van der Waals surface area contributed by atoms with Gasteiger partial charge in [-0.3, -0.25) is 4.79 Å². The summed E-state index contributed by atoms with van der Waals surface area (Å²) in [6, 6.07) is 0. The highest BCUT2D eigenvalue weighted by molar-refractivity contribution is 5.70. The van der Waals surface area contributed by atoms with E-state index < -0.39 is 5.97 Å². The van der Waals surface area contributed by atoms with Gasteiger partial charge in [-0.2, -0.15) is 0 Å². The smallest absolute Gasteiger partial charge is 0.306 e. The number of hydrogen-bond donors (Lipinski definition) is 2. The van der Waals surface area contributed by atoms with Crippen molar-refractivity contribution in [3.05, 3.63) is 0 Å². The molecule has 2 aliphatic carbocycles. The van der Waals surface area contributed by atoms with Crippen molar-refractivity contribution in [2.45, 2.75) is 44.1 Å². The van der Waals surface area contributed by atoms with Gasteiger partial charge in [0.05, 0.1) is 5.92 Å². The second kappa shape index (κ2) is 3.54. The van der Waals surface area contributed by atoms with Crippen molar-refractivity contribution in [1.82, 2.24) is 5.32 Å². The Labute approximate surface area is 84.9 Å². The minimum absolute atomic E-state index is 0.0705. The fraction of sp³-hybridized carbons (Fsp3) is 0.909. The first-order valence-electron chi connectivity index (χ1n) is 5.60. The van der Waals surface area contributed by atoms with Crippen LogP contribution in [0.3, 0.4) is 0 Å². The molecule has 3 nitrogen and oxygen atoms in total. The summed E-state index contributed by atoms with van der Waals surface area (Å²) < 4.78 is 0. The van der Waals surface area contributed by atoms with E-state index in [2.05, 4.69) is 5.32 Å². The molecule has 0 heterocycles. The third kappa shape index (κ3) is 1.65. The molecule has 2 N–H and O–H groups in total. The molecule has 0 saturated heterocycles. The summed E-state index contributed by atoms with van der Waals surface area (Å²) in [5, 5.41) is 12.3. The minimum Gasteiger partial charge on any atom is -0.481 e. The van der Waals surface area contributed by atoms with Crippen molar-refractivity contribution < 1.29 is 9.90 Å². The van der Waals surface area contributed by atoms with E-state index in [1.807, 2.05) is 7.05 Å². The summed E-state index contributed by atoms with van der Waals surface area (Å²) in [7, 11) is 2.04. The molecule has 14 heavy (non-hydrogen) atoms. The number of carboxylic acids is 1. The molecule has 0 aromatic carbocycles. The highest BCUT2D eigenvalue weighted by atomic mass is 16.4. The molecule has 80 valence electrons. The molecule has 0 bridgehead atoms. The Morgan fingerprint density at radius 2 is 1.86 bits per heavy atom. The third-order valence-corrected chi connectivity index (χ3v) is 4.14. The largest absolute Gasteiger partial charge is 0.481 e. The van der Waals surface area contributed by atoms with Crippen molar-refractivity contribution in [2.24, 2.45) is 11.8 Å². The lowest BCUT2D eigenvalue weighted by atomic mass is 9.77. The number of carboxylic acid groups (broad SMARTS) is 1. The number of nitrogens with one attached hydrogen (secondary N) is 1. The van der Waals surface area contributed by atoms with Crippen LogP contribution in [-0.2, 0) is 4.79 Å². The van der Waals surface area contributed by atoms with Crippen LogP contribution in [-0.4, -0.2) is 23.7 Å². The van der Waals surface area contributed by atoms with Crippen LogP contribution < -0.4 is 5.32 Å². The summed E-state index contributed by atoms with van der Waals surface area (Å²) >= 11 is 0. The van der Waals surface area contributed by atoms with Crippen LogP contribution in [0.4, 0.5) is 0 Å². The van der Waals surface area contributed by atoms with E-state index in [1.54, 1.807) is 0 Å². The Morgan fingerprint density at radius 3 is 2.21 bits per heavy atom. The van der Waals surface area contributed by atoms with E-state index in [4.69, 9.17) is 5.11 Å². The van der Waals surface area contributed by atoms with Crippen LogP contribution in [0.25, 0.3) is 0 Å². The second-order valence-electron chi connectivity index (χ2n) is 4.79. The van der Waals surface area contributed by atoms with Gasteiger partial charge in [-0.05, 0) is 51.5 Å². The fourth-order valence-electron chi connectivity index (χ4n) is 2.89. The van der Waals surface area contributed by atoms with Crippen molar-refractivity contribution in [2.75, 3.05) is 7.05 Å². The van der Waals surface area contributed by atoms with Crippen molar-refractivity contribution in [1.29, 1.82) is 0 Å². The van der Waals surface area contributed by atoms with Crippen molar-refractivity contribution >= 4 is 5.97 Å². The predicted octanol–water partition coefficient (Wildman–Crippen LogP) is 1.63. The van der Waals surface area contributed by atoms with Gasteiger partial charge in [0.2, 0.25) is 0 Å². The topological polar surface area (TPSA) is 49.3 Å². The Hall–Kier alpha value is -0.570. The van der Waals surface area contributed by atoms with Crippen LogP contribution in [0.5, 0.6) is 0 Å². The molecular formula is C11H19NO2. The maximum atomic E-state index is 10.8. The first-order valence-corrected chi connectivity index (χ1v) is 5.60. The van der Waals surface area contributed by atoms with Crippen LogP contribution >= 0.6 is 0 Å². The highest BCUT2D eigenvalue weighted by Crippen LogP contribution is 2.48. The molecule has 0 radical (unpaired) electrons. The molecule has 0 aliphatic heterocycles. The van der Waals surface area contributed by atoms with E-state index in [0.29, 0.717) is 5.54 Å². The molecule has 2 rings (SSSR count). The third-order valence-electron chi connectivity index (χ3n) is 4.14. The molecule has 2 saturated carbocycles. The lowest BCUT2D eigenvalue weighted by Gasteiger charge is -2.32. The van der Waals surface area contributed by atoms with Crippen LogP contribution in [0.15, 0.2) is 0 Å². The van der Waals surface area contributed by atoms with Gasteiger partial charge in [-0.1, -0.05) is 0 Å². The maximum Gasteiger partial charge on any atom is 0.306 e. The van der Waals surface area contributed by atoms with Crippen LogP contribution in [0.2, 0.25) is 0 Å². The summed E-state index contributed by atoms with van der Waals surface area (Å²) in [5.74, 6) is 0.0553. The molecule has 0 spiro atoms. The number of hydrogen-bond acceptors (Lipinski definition) is 2. The van der Waals surface area contributed by atoms with Crippen molar-refractivity contribution in [3.8, 4) is 0 Å². The summed E-state index contributed by atoms with van der Waals surface area (Å²) in [5.41, 5.74) is 0.392. The summed E-state index contributed by atoms with van der Waals surface area (Å²) in [6.07, 6.45) is 6.51. The molecule has 0 atom stereocenters. The maximum absolute atomic E-state index is 10.8. The number of rotatable bonds is 3. The zero-order chi connectivity index (χ0) is 10.2. The number of carbonyl (C=O) groups is 1. The standard InChI is InChI=1S/C11H19NO2/c1-12-11(6-7-11)9-4-2-8(3-5-9)10(13)14/h8-9,12H,2-7H2,1H3,(H,13,14). The normalized spacial score (nSPS) is 35.2. The number of aliphatic carboxylic acids is 1. The average molecular weight is 197 g/mol. The van der Waals surface area contributed by atoms with Gasteiger partial charge in [0.1, 0.15) is 0 Å². The lowest BCUT2D eigenvalue weighted by molar-refractivity contribution is -0.143. The molecular weight excluding hydrogens is 178 g/mol. The Kier molecular flexibility index (Phi) is 2.52. The SMILES string of the molecule is CNC1(C2CCC(C(=O)O)CC2)CC1. The fourth-order valence-corrected chi connectivity index (χ4v) is 2.89. The van der Waals surface area contributed by atoms with E-state index in [1.165, 1.54) is 12.8 Å². The van der Waals surface area contributed by atoms with Crippen molar-refractivity contribution in [3.63, 3.8) is 0 Å². The molecule has 0 amide bonds. The van der Waals surface area contributed by atoms with Gasteiger partial charge in [0.15, 0.2) is 0 Å². The van der Waals surface area contributed by atoms with E-state index in [-0.39, 0.29) is 5.92 Å². The van der Waals surface area contributed by atoms with Crippen LogP contribution in [0, 0.1) is 11.8 Å². The van der Waals surface area contributed by atoms with E-state index in [9.17, 15) is 4.79 Å². The van der Waals surface area contributed by atoms with E-state index >= 15 is 0 Å². The van der Waals surface area contributed by atoms with Gasteiger partial charge in [0.25, 0.3) is 0 Å². The zero-order valence-corrected chi connectivity index (χ0v) is 8.75. The summed E-state index contributed by atoms with van der Waals surface area (Å²) in [6.45, 7) is 0. The van der Waals surface area contributed by atoms with Gasteiger partial charge in [0, 0.05) is 5.54 Å². The Balaban J connectivity index is 1.87. The first-order chi connectivity index (χ1) is 6.68. The molecule has 3 heteroatoms. The molecule has 2 aliphatic rings. The quantitative estimate of drug-likeness (QED) is 0.723. The molecule has 0 aromatic heterocycles. The van der Waals surface area contributed by atoms with E-state index in [0.717, 1.165) is 31.6 Å². The zero-order valence-electron chi connectivity index (χ0n) is 8.75. The van der Waals surface area contributed by atoms with Gasteiger partial charge >= 0.3 is 5.97 Å². The lowest BCUT2D eigenvalue weighted by Crippen LogP contribution is -2.38. The Bertz CT molecular complexity index is 227.